The van der Waals surface area contributed by atoms with Crippen molar-refractivity contribution in [1.82, 2.24) is 25.1 Å². The number of nitrogens with zero attached hydrogens (tertiary/aromatic N) is 4. The molecule has 0 radical (unpaired) electrons. The number of rotatable bonds is 4. The van der Waals surface area contributed by atoms with E-state index in [1.807, 2.05) is 73.7 Å². The monoisotopic (exact) mass is 511 g/mol. The van der Waals surface area contributed by atoms with Crippen LogP contribution in [-0.4, -0.2) is 32.2 Å². The predicted octanol–water partition coefficient (Wildman–Crippen LogP) is 4.86. The van der Waals surface area contributed by atoms with E-state index >= 15 is 0 Å². The fraction of sp³-hybridized carbons (Fsp3) is 0.0968. The summed E-state index contributed by atoms with van der Waals surface area (Å²) in [5.41, 5.74) is 11.6. The van der Waals surface area contributed by atoms with E-state index in [9.17, 15) is 4.79 Å². The molecule has 0 bridgehead atoms. The second-order valence-corrected chi connectivity index (χ2v) is 9.16. The number of hydrogen-bond donors (Lipinski definition) is 3. The van der Waals surface area contributed by atoms with Gasteiger partial charge in [0.05, 0.1) is 17.3 Å². The molecule has 190 valence electrons. The Hall–Kier alpha value is -5.42. The Kier molecular flexibility index (Phi) is 6.23. The molecule has 4 N–H and O–H groups in total. The van der Waals surface area contributed by atoms with Crippen LogP contribution >= 0.6 is 0 Å². The van der Waals surface area contributed by atoms with Gasteiger partial charge in [0.25, 0.3) is 5.91 Å². The van der Waals surface area contributed by atoms with Gasteiger partial charge in [0.2, 0.25) is 0 Å². The number of carbonyl (C=O) groups is 1. The molecule has 5 aromatic rings. The zero-order valence-electron chi connectivity index (χ0n) is 21.2. The minimum atomic E-state index is -0.419. The molecule has 0 saturated heterocycles. The molecule has 39 heavy (non-hydrogen) atoms. The Balaban J connectivity index is 1.42. The summed E-state index contributed by atoms with van der Waals surface area (Å²) < 4.78 is 1.58. The summed E-state index contributed by atoms with van der Waals surface area (Å²) in [6.07, 6.45) is 7.15. The van der Waals surface area contributed by atoms with Crippen LogP contribution in [0.15, 0.2) is 85.2 Å². The molecule has 0 fully saturated rings. The molecule has 0 aliphatic carbocycles. The average Bonchev–Trinajstić information content (AvgIpc) is 3.32. The van der Waals surface area contributed by atoms with Gasteiger partial charge in [0.1, 0.15) is 11.4 Å². The number of nitrogens with one attached hydrogen (secondary N) is 2. The number of nitrogens with two attached hydrogens (primary N) is 1. The van der Waals surface area contributed by atoms with Crippen LogP contribution in [0.5, 0.6) is 0 Å². The minimum Gasteiger partial charge on any atom is -0.381 e. The molecule has 2 aromatic carbocycles. The van der Waals surface area contributed by atoms with Crippen molar-refractivity contribution in [2.45, 2.75) is 13.0 Å². The first-order valence-electron chi connectivity index (χ1n) is 12.6. The number of anilines is 2. The van der Waals surface area contributed by atoms with Crippen LogP contribution in [0.3, 0.4) is 0 Å². The summed E-state index contributed by atoms with van der Waals surface area (Å²) >= 11 is 0. The Bertz CT molecular complexity index is 1780. The van der Waals surface area contributed by atoms with Crippen molar-refractivity contribution in [3.63, 3.8) is 0 Å². The largest absolute Gasteiger partial charge is 0.381 e. The lowest BCUT2D eigenvalue weighted by Gasteiger charge is -2.19. The summed E-state index contributed by atoms with van der Waals surface area (Å²) in [6.45, 7) is 2.52. The molecule has 8 heteroatoms. The fourth-order valence-electron chi connectivity index (χ4n) is 4.67. The SMILES string of the molecule is CC(NC(=O)c1c(N)nn2c1NCC=C2)c1nc2cccc(C#Cc3ccncc3)c2cc1-c1ccccc1. The summed E-state index contributed by atoms with van der Waals surface area (Å²) in [5.74, 6) is 6.94. The molecule has 8 nitrogen and oxygen atoms in total. The number of benzene rings is 2. The quantitative estimate of drug-likeness (QED) is 0.297. The van der Waals surface area contributed by atoms with Gasteiger partial charge in [0, 0.05) is 47.2 Å². The molecular formula is C31H25N7O. The van der Waals surface area contributed by atoms with Gasteiger partial charge in [-0.1, -0.05) is 48.2 Å². The first-order valence-corrected chi connectivity index (χ1v) is 12.6. The fourth-order valence-corrected chi connectivity index (χ4v) is 4.67. The molecule has 1 aliphatic heterocycles. The van der Waals surface area contributed by atoms with Crippen molar-refractivity contribution in [2.75, 3.05) is 17.6 Å². The first-order chi connectivity index (χ1) is 19.1. The van der Waals surface area contributed by atoms with Crippen LogP contribution in [0.25, 0.3) is 28.2 Å². The number of hydrogen-bond acceptors (Lipinski definition) is 6. The van der Waals surface area contributed by atoms with Crippen LogP contribution in [0.1, 0.15) is 40.1 Å². The third-order valence-electron chi connectivity index (χ3n) is 6.55. The van der Waals surface area contributed by atoms with Crippen molar-refractivity contribution >= 4 is 34.6 Å². The highest BCUT2D eigenvalue weighted by atomic mass is 16.1. The van der Waals surface area contributed by atoms with E-state index < -0.39 is 6.04 Å². The highest BCUT2D eigenvalue weighted by Gasteiger charge is 2.25. The van der Waals surface area contributed by atoms with Crippen LogP contribution in [-0.2, 0) is 0 Å². The second kappa shape index (κ2) is 10.1. The summed E-state index contributed by atoms with van der Waals surface area (Å²) in [6, 6.07) is 21.4. The highest BCUT2D eigenvalue weighted by Crippen LogP contribution is 2.32. The summed E-state index contributed by atoms with van der Waals surface area (Å²) in [5, 5.41) is 11.5. The van der Waals surface area contributed by atoms with Gasteiger partial charge >= 0.3 is 0 Å². The van der Waals surface area contributed by atoms with E-state index in [4.69, 9.17) is 10.7 Å². The number of carbonyl (C=O) groups excluding carboxylic acids is 1. The maximum absolute atomic E-state index is 13.4. The third kappa shape index (κ3) is 4.69. The van der Waals surface area contributed by atoms with Crippen LogP contribution in [0, 0.1) is 11.8 Å². The van der Waals surface area contributed by atoms with Gasteiger partial charge in [0.15, 0.2) is 5.82 Å². The summed E-state index contributed by atoms with van der Waals surface area (Å²) in [4.78, 5) is 22.5. The van der Waals surface area contributed by atoms with Gasteiger partial charge in [-0.15, -0.1) is 5.10 Å². The average molecular weight is 512 g/mol. The van der Waals surface area contributed by atoms with Crippen molar-refractivity contribution in [3.8, 4) is 23.0 Å². The first kappa shape index (κ1) is 23.9. The van der Waals surface area contributed by atoms with Crippen molar-refractivity contribution in [2.24, 2.45) is 0 Å². The molecule has 1 atom stereocenters. The van der Waals surface area contributed by atoms with E-state index in [0.29, 0.717) is 17.9 Å². The molecule has 1 amide bonds. The lowest BCUT2D eigenvalue weighted by Crippen LogP contribution is -2.29. The normalized spacial score (nSPS) is 12.6. The molecule has 0 spiro atoms. The molecule has 4 heterocycles. The number of pyridine rings is 2. The Morgan fingerprint density at radius 1 is 1.08 bits per heavy atom. The minimum absolute atomic E-state index is 0.168. The topological polar surface area (TPSA) is 111 Å². The third-order valence-corrected chi connectivity index (χ3v) is 6.55. The van der Waals surface area contributed by atoms with E-state index in [2.05, 4.69) is 38.6 Å². The van der Waals surface area contributed by atoms with Crippen LogP contribution in [0.4, 0.5) is 11.6 Å². The van der Waals surface area contributed by atoms with Crippen molar-refractivity contribution in [3.05, 3.63) is 108 Å². The number of amides is 1. The lowest BCUT2D eigenvalue weighted by atomic mass is 9.96. The standard InChI is InChI=1S/C31H25N7O/c1-20(35-31(39)27-29(32)37-38-18-6-15-34-30(27)38)28-25(22-7-3-2-4-8-22)19-24-23(9-5-10-26(24)36-28)12-11-21-13-16-33-17-14-21/h2-10,13-14,16-20,34H,15H2,1H3,(H2,32,37)(H,35,39). The molecule has 1 unspecified atom stereocenters. The van der Waals surface area contributed by atoms with Crippen molar-refractivity contribution in [1.29, 1.82) is 0 Å². The number of nitrogen functional groups attached to an aromatic ring is 1. The van der Waals surface area contributed by atoms with Gasteiger partial charge in [-0.25, -0.2) is 9.67 Å². The zero-order valence-corrected chi connectivity index (χ0v) is 21.2. The molecule has 3 aromatic heterocycles. The Morgan fingerprint density at radius 3 is 2.72 bits per heavy atom. The molecule has 0 saturated carbocycles. The predicted molar refractivity (Wildman–Crippen MR) is 154 cm³/mol. The molecule has 1 aliphatic rings. The van der Waals surface area contributed by atoms with Crippen LogP contribution < -0.4 is 16.4 Å². The highest BCUT2D eigenvalue weighted by molar-refractivity contribution is 6.04. The number of aromatic nitrogens is 4. The van der Waals surface area contributed by atoms with E-state index in [-0.39, 0.29) is 11.7 Å². The number of fused-ring (bicyclic) bond motifs is 2. The lowest BCUT2D eigenvalue weighted by molar-refractivity contribution is 0.0941. The maximum atomic E-state index is 13.4. The van der Waals surface area contributed by atoms with E-state index in [1.165, 1.54) is 0 Å². The van der Waals surface area contributed by atoms with E-state index in [0.717, 1.165) is 38.9 Å². The molecule has 6 rings (SSSR count). The smallest absolute Gasteiger partial charge is 0.259 e. The van der Waals surface area contributed by atoms with Gasteiger partial charge in [-0.2, -0.15) is 0 Å². The summed E-state index contributed by atoms with van der Waals surface area (Å²) in [7, 11) is 0. The Morgan fingerprint density at radius 2 is 1.90 bits per heavy atom. The second-order valence-electron chi connectivity index (χ2n) is 9.16. The molecular weight excluding hydrogens is 486 g/mol. The van der Waals surface area contributed by atoms with E-state index in [1.54, 1.807) is 23.3 Å². The Labute approximate surface area is 225 Å². The van der Waals surface area contributed by atoms with Gasteiger partial charge in [-0.05, 0) is 48.9 Å². The van der Waals surface area contributed by atoms with Crippen LogP contribution in [0.2, 0.25) is 0 Å². The van der Waals surface area contributed by atoms with Gasteiger partial charge < -0.3 is 16.4 Å². The van der Waals surface area contributed by atoms with Crippen molar-refractivity contribution < 1.29 is 4.79 Å². The zero-order chi connectivity index (χ0) is 26.8. The maximum Gasteiger partial charge on any atom is 0.259 e. The van der Waals surface area contributed by atoms with Gasteiger partial charge in [-0.3, -0.25) is 9.78 Å².